The predicted molar refractivity (Wildman–Crippen MR) is 140 cm³/mol. The van der Waals surface area contributed by atoms with Crippen LogP contribution in [0.1, 0.15) is 22.3 Å². The molecule has 0 saturated carbocycles. The zero-order chi connectivity index (χ0) is 25.2. The third-order valence-corrected chi connectivity index (χ3v) is 5.46. The number of hydrogen-bond donors (Lipinski definition) is 2. The number of isocyanates is 2. The zero-order valence-corrected chi connectivity index (χ0v) is 19.3. The summed E-state index contributed by atoms with van der Waals surface area (Å²) in [4.78, 5) is 40.2. The molecule has 0 heterocycles. The van der Waals surface area contributed by atoms with Gasteiger partial charge in [0, 0.05) is 11.4 Å². The van der Waals surface area contributed by atoms with Crippen LogP contribution in [0.2, 0.25) is 0 Å². The van der Waals surface area contributed by atoms with Crippen LogP contribution in [0.3, 0.4) is 0 Å². The van der Waals surface area contributed by atoms with Gasteiger partial charge in [-0.05, 0) is 83.6 Å². The molecule has 4 rings (SSSR count). The molecule has 0 unspecified atom stereocenters. The second kappa shape index (κ2) is 11.9. The Labute approximate surface area is 208 Å². The predicted octanol–water partition coefficient (Wildman–Crippen LogP) is 6.45. The average Bonchev–Trinajstić information content (AvgIpc) is 2.89. The van der Waals surface area contributed by atoms with Crippen LogP contribution >= 0.6 is 0 Å². The lowest BCUT2D eigenvalue weighted by atomic mass is 10.0. The van der Waals surface area contributed by atoms with E-state index in [0.29, 0.717) is 22.7 Å². The van der Waals surface area contributed by atoms with Crippen molar-refractivity contribution in [2.75, 3.05) is 10.6 Å². The number of anilines is 2. The number of nitrogens with zero attached hydrogens (tertiary/aromatic N) is 2. The molecule has 0 aliphatic rings. The van der Waals surface area contributed by atoms with Gasteiger partial charge in [-0.15, -0.1) is 0 Å². The third-order valence-electron chi connectivity index (χ3n) is 5.46. The van der Waals surface area contributed by atoms with Gasteiger partial charge >= 0.3 is 6.03 Å². The second-order valence-corrected chi connectivity index (χ2v) is 8.07. The summed E-state index contributed by atoms with van der Waals surface area (Å²) in [5.74, 6) is 0. The van der Waals surface area contributed by atoms with E-state index in [9.17, 15) is 14.4 Å². The molecule has 0 saturated heterocycles. The van der Waals surface area contributed by atoms with Gasteiger partial charge < -0.3 is 10.6 Å². The lowest BCUT2D eigenvalue weighted by Crippen LogP contribution is -2.19. The summed E-state index contributed by atoms with van der Waals surface area (Å²) in [6.45, 7) is 0. The van der Waals surface area contributed by atoms with Gasteiger partial charge in [0.05, 0.1) is 11.4 Å². The SMILES string of the molecule is O=C=Nc1ccc(Cc2ccc(NC(=O)Nc3ccc(Cc4ccc(N=C=O)cc4)cc3)cc2)cc1. The largest absolute Gasteiger partial charge is 0.323 e. The summed E-state index contributed by atoms with van der Waals surface area (Å²) in [5, 5.41) is 5.68. The van der Waals surface area contributed by atoms with E-state index in [1.54, 1.807) is 24.3 Å². The van der Waals surface area contributed by atoms with E-state index < -0.39 is 0 Å². The maximum Gasteiger partial charge on any atom is 0.323 e. The van der Waals surface area contributed by atoms with Gasteiger partial charge in [0.15, 0.2) is 0 Å². The molecule has 4 aromatic rings. The van der Waals surface area contributed by atoms with E-state index >= 15 is 0 Å². The van der Waals surface area contributed by atoms with E-state index in [0.717, 1.165) is 35.1 Å². The normalized spacial score (nSPS) is 10.0. The van der Waals surface area contributed by atoms with Gasteiger partial charge in [-0.25, -0.2) is 14.4 Å². The fraction of sp³-hybridized carbons (Fsp3) is 0.0690. The highest BCUT2D eigenvalue weighted by Crippen LogP contribution is 2.19. The van der Waals surface area contributed by atoms with Gasteiger partial charge in [0.25, 0.3) is 0 Å². The second-order valence-electron chi connectivity index (χ2n) is 8.07. The van der Waals surface area contributed by atoms with Crippen molar-refractivity contribution in [1.82, 2.24) is 0 Å². The van der Waals surface area contributed by atoms with E-state index in [4.69, 9.17) is 0 Å². The molecule has 0 bridgehead atoms. The maximum absolute atomic E-state index is 12.4. The lowest BCUT2D eigenvalue weighted by molar-refractivity contribution is 0.262. The number of hydrogen-bond acceptors (Lipinski definition) is 5. The van der Waals surface area contributed by atoms with E-state index in [-0.39, 0.29) is 6.03 Å². The monoisotopic (exact) mass is 474 g/mol. The molecule has 0 radical (unpaired) electrons. The van der Waals surface area contributed by atoms with E-state index in [1.807, 2.05) is 72.8 Å². The highest BCUT2D eigenvalue weighted by Gasteiger charge is 2.05. The van der Waals surface area contributed by atoms with Crippen molar-refractivity contribution in [2.24, 2.45) is 9.98 Å². The Bertz CT molecular complexity index is 1310. The van der Waals surface area contributed by atoms with Crippen LogP contribution in [0.5, 0.6) is 0 Å². The smallest absolute Gasteiger partial charge is 0.308 e. The van der Waals surface area contributed by atoms with Gasteiger partial charge in [-0.2, -0.15) is 9.98 Å². The van der Waals surface area contributed by atoms with Crippen LogP contribution in [0.4, 0.5) is 27.5 Å². The molecule has 2 N–H and O–H groups in total. The first-order valence-corrected chi connectivity index (χ1v) is 11.2. The highest BCUT2D eigenvalue weighted by molar-refractivity contribution is 5.99. The molecular formula is C29H22N4O3. The summed E-state index contributed by atoms with van der Waals surface area (Å²) in [6, 6.07) is 29.7. The summed E-state index contributed by atoms with van der Waals surface area (Å²) in [6.07, 6.45) is 4.51. The van der Waals surface area contributed by atoms with Crippen LogP contribution in [0.25, 0.3) is 0 Å². The van der Waals surface area contributed by atoms with Gasteiger partial charge in [0.1, 0.15) is 0 Å². The summed E-state index contributed by atoms with van der Waals surface area (Å²) in [7, 11) is 0. The number of rotatable bonds is 8. The number of benzene rings is 4. The number of urea groups is 1. The van der Waals surface area contributed by atoms with Crippen molar-refractivity contribution < 1.29 is 14.4 Å². The average molecular weight is 475 g/mol. The Morgan fingerprint density at radius 2 is 0.833 bits per heavy atom. The topological polar surface area (TPSA) is 100.0 Å². The number of nitrogens with one attached hydrogen (secondary N) is 2. The Kier molecular flexibility index (Phi) is 7.92. The number of aliphatic imine (C=N–C) groups is 2. The van der Waals surface area contributed by atoms with E-state index in [2.05, 4.69) is 20.6 Å². The first-order chi connectivity index (χ1) is 17.6. The Morgan fingerprint density at radius 3 is 1.14 bits per heavy atom. The minimum Gasteiger partial charge on any atom is -0.308 e. The summed E-state index contributed by atoms with van der Waals surface area (Å²) in [5.41, 5.74) is 6.88. The quantitative estimate of drug-likeness (QED) is 0.227. The molecule has 176 valence electrons. The summed E-state index contributed by atoms with van der Waals surface area (Å²) >= 11 is 0. The van der Waals surface area contributed by atoms with Gasteiger partial charge in [0.2, 0.25) is 12.2 Å². The van der Waals surface area contributed by atoms with Crippen LogP contribution in [-0.2, 0) is 22.4 Å². The molecule has 4 aromatic carbocycles. The van der Waals surface area contributed by atoms with Crippen LogP contribution in [0.15, 0.2) is 107 Å². The van der Waals surface area contributed by atoms with Crippen LogP contribution in [0, 0.1) is 0 Å². The van der Waals surface area contributed by atoms with Gasteiger partial charge in [-0.3, -0.25) is 0 Å². The molecule has 36 heavy (non-hydrogen) atoms. The van der Waals surface area contributed by atoms with Crippen LogP contribution in [-0.4, -0.2) is 18.2 Å². The molecule has 0 aliphatic carbocycles. The molecular weight excluding hydrogens is 452 g/mol. The zero-order valence-electron chi connectivity index (χ0n) is 19.3. The van der Waals surface area contributed by atoms with Crippen molar-refractivity contribution in [3.05, 3.63) is 119 Å². The van der Waals surface area contributed by atoms with E-state index in [1.165, 1.54) is 12.2 Å². The number of carbonyl (C=O) groups is 1. The van der Waals surface area contributed by atoms with Crippen molar-refractivity contribution in [1.29, 1.82) is 0 Å². The fourth-order valence-corrected chi connectivity index (χ4v) is 3.66. The first kappa shape index (κ1) is 24.0. The Hall–Kier alpha value is -5.09. The minimum atomic E-state index is -0.326. The lowest BCUT2D eigenvalue weighted by Gasteiger charge is -2.10. The first-order valence-electron chi connectivity index (χ1n) is 11.2. The highest BCUT2D eigenvalue weighted by atomic mass is 16.2. The third kappa shape index (κ3) is 6.95. The standard InChI is InChI=1S/C29H22N4O3/c34-19-30-25-9-1-21(2-10-25)17-23-5-13-27(14-6-23)32-29(36)33-28-15-7-24(8-16-28)18-22-3-11-26(12-4-22)31-20-35/h1-16H,17-18H2,(H2,32,33,36). The van der Waals surface area contributed by atoms with Crippen molar-refractivity contribution in [3.63, 3.8) is 0 Å². The Morgan fingerprint density at radius 1 is 0.528 bits per heavy atom. The van der Waals surface area contributed by atoms with Crippen molar-refractivity contribution in [3.8, 4) is 0 Å². The molecule has 0 atom stereocenters. The number of carbonyl (C=O) groups excluding carboxylic acids is 3. The summed E-state index contributed by atoms with van der Waals surface area (Å²) < 4.78 is 0. The molecule has 7 nitrogen and oxygen atoms in total. The maximum atomic E-state index is 12.4. The molecule has 0 aliphatic heterocycles. The Balaban J connectivity index is 1.28. The minimum absolute atomic E-state index is 0.326. The van der Waals surface area contributed by atoms with Gasteiger partial charge in [-0.1, -0.05) is 48.5 Å². The molecule has 2 amide bonds. The molecule has 0 spiro atoms. The molecule has 7 heteroatoms. The van der Waals surface area contributed by atoms with Crippen molar-refractivity contribution >= 4 is 40.9 Å². The molecule has 0 fully saturated rings. The van der Waals surface area contributed by atoms with Crippen LogP contribution < -0.4 is 10.6 Å². The molecule has 0 aromatic heterocycles. The van der Waals surface area contributed by atoms with Crippen molar-refractivity contribution in [2.45, 2.75) is 12.8 Å². The number of amides is 2. The fourth-order valence-electron chi connectivity index (χ4n) is 3.66.